The van der Waals surface area contributed by atoms with Gasteiger partial charge in [-0.05, 0) is 24.3 Å². The first kappa shape index (κ1) is 22.1. The number of halogens is 3. The van der Waals surface area contributed by atoms with E-state index in [1.165, 1.54) is 0 Å². The maximum Gasteiger partial charge on any atom is 0.420 e. The molecule has 0 atom stereocenters. The Kier molecular flexibility index (Phi) is 6.16. The smallest absolute Gasteiger partial charge is 0.420 e. The molecule has 0 aliphatic carbocycles. The molecule has 0 fully saturated rings. The number of hydrogen-bond donors (Lipinski definition) is 4. The van der Waals surface area contributed by atoms with Crippen LogP contribution in [0.25, 0.3) is 0 Å². The van der Waals surface area contributed by atoms with Crippen LogP contribution in [-0.2, 0) is 10.7 Å². The Labute approximate surface area is 159 Å². The molecule has 0 heterocycles. The van der Waals surface area contributed by atoms with Gasteiger partial charge in [-0.1, -0.05) is 0 Å². The van der Waals surface area contributed by atoms with Crippen LogP contribution in [0.1, 0.15) is 15.9 Å². The highest BCUT2D eigenvalue weighted by Gasteiger charge is 2.38. The molecule has 2 aromatic rings. The SMILES string of the molecule is O=C(O)c1ccc(Oc2cc(NCP(=O)(O)O)c([N+](=O)[O-])cc2C(F)(F)F)cc1. The summed E-state index contributed by atoms with van der Waals surface area (Å²) in [7, 11) is -4.67. The highest BCUT2D eigenvalue weighted by Crippen LogP contribution is 2.44. The number of nitrogens with one attached hydrogen (secondary N) is 1. The van der Waals surface area contributed by atoms with E-state index in [1.54, 1.807) is 0 Å². The van der Waals surface area contributed by atoms with E-state index in [9.17, 15) is 32.6 Å². The predicted molar refractivity (Wildman–Crippen MR) is 92.1 cm³/mol. The minimum absolute atomic E-state index is 0.152. The summed E-state index contributed by atoms with van der Waals surface area (Å²) in [5.74, 6) is -2.36. The molecule has 2 aromatic carbocycles. The standard InChI is InChI=1S/C15H12F3N2O8P/c16-15(17,18)10-5-12(20(23)24)11(19-7-29(25,26)27)6-13(10)28-9-3-1-8(2-4-9)14(21)22/h1-6,19H,7H2,(H,21,22)(H2,25,26,27). The van der Waals surface area contributed by atoms with Crippen molar-refractivity contribution in [3.8, 4) is 11.5 Å². The molecule has 14 heteroatoms. The molecule has 0 amide bonds. The number of ether oxygens (including phenoxy) is 1. The van der Waals surface area contributed by atoms with Crippen molar-refractivity contribution in [2.24, 2.45) is 0 Å². The summed E-state index contributed by atoms with van der Waals surface area (Å²) >= 11 is 0. The summed E-state index contributed by atoms with van der Waals surface area (Å²) in [6.45, 7) is 0. The van der Waals surface area contributed by atoms with Crippen molar-refractivity contribution in [3.63, 3.8) is 0 Å². The van der Waals surface area contributed by atoms with Crippen LogP contribution < -0.4 is 10.1 Å². The van der Waals surface area contributed by atoms with E-state index in [-0.39, 0.29) is 17.4 Å². The molecule has 0 saturated heterocycles. The summed E-state index contributed by atoms with van der Waals surface area (Å²) in [6, 6.07) is 5.05. The first-order valence-electron chi connectivity index (χ1n) is 7.47. The Bertz CT molecular complexity index is 988. The van der Waals surface area contributed by atoms with Crippen molar-refractivity contribution in [3.05, 3.63) is 57.6 Å². The van der Waals surface area contributed by atoms with E-state index in [2.05, 4.69) is 0 Å². The van der Waals surface area contributed by atoms with E-state index in [1.807, 2.05) is 5.32 Å². The third-order valence-electron chi connectivity index (χ3n) is 3.40. The molecule has 0 saturated carbocycles. The van der Waals surface area contributed by atoms with Crippen LogP contribution in [0.15, 0.2) is 36.4 Å². The van der Waals surface area contributed by atoms with Gasteiger partial charge in [0.05, 0.1) is 10.5 Å². The second kappa shape index (κ2) is 8.07. The first-order valence-corrected chi connectivity index (χ1v) is 9.27. The molecule has 29 heavy (non-hydrogen) atoms. The average molecular weight is 436 g/mol. The minimum Gasteiger partial charge on any atom is -0.478 e. The molecule has 4 N–H and O–H groups in total. The van der Waals surface area contributed by atoms with Crippen LogP contribution in [-0.4, -0.2) is 32.1 Å². The number of anilines is 1. The Morgan fingerprint density at radius 1 is 1.21 bits per heavy atom. The summed E-state index contributed by atoms with van der Waals surface area (Å²) < 4.78 is 56.1. The first-order chi connectivity index (χ1) is 13.3. The third-order valence-corrected chi connectivity index (χ3v) is 3.97. The van der Waals surface area contributed by atoms with E-state index in [0.717, 1.165) is 24.3 Å². The fraction of sp³-hybridized carbons (Fsp3) is 0.133. The monoisotopic (exact) mass is 436 g/mol. The number of nitrogens with zero attached hydrogens (tertiary/aromatic N) is 1. The average Bonchev–Trinajstić information content (AvgIpc) is 2.58. The Morgan fingerprint density at radius 2 is 1.79 bits per heavy atom. The molecule has 0 bridgehead atoms. The van der Waals surface area contributed by atoms with Gasteiger partial charge in [0.2, 0.25) is 0 Å². The second-order valence-electron chi connectivity index (χ2n) is 5.55. The van der Waals surface area contributed by atoms with Gasteiger partial charge in [-0.15, -0.1) is 0 Å². The summed E-state index contributed by atoms with van der Waals surface area (Å²) in [5.41, 5.74) is -3.34. The molecule has 0 radical (unpaired) electrons. The Balaban J connectivity index is 2.53. The zero-order valence-corrected chi connectivity index (χ0v) is 15.0. The molecular weight excluding hydrogens is 424 g/mol. The molecule has 0 aliphatic rings. The van der Waals surface area contributed by atoms with Crippen LogP contribution in [0.5, 0.6) is 11.5 Å². The van der Waals surface area contributed by atoms with Crippen molar-refractivity contribution >= 4 is 24.9 Å². The zero-order chi connectivity index (χ0) is 22.0. The van der Waals surface area contributed by atoms with Crippen molar-refractivity contribution in [1.82, 2.24) is 0 Å². The van der Waals surface area contributed by atoms with Gasteiger partial charge in [-0.3, -0.25) is 14.7 Å². The van der Waals surface area contributed by atoms with Gasteiger partial charge in [0, 0.05) is 12.1 Å². The Morgan fingerprint density at radius 3 is 2.24 bits per heavy atom. The molecule has 0 aromatic heterocycles. The van der Waals surface area contributed by atoms with E-state index >= 15 is 0 Å². The lowest BCUT2D eigenvalue weighted by Gasteiger charge is -2.16. The van der Waals surface area contributed by atoms with Gasteiger partial charge in [-0.25, -0.2) is 4.79 Å². The quantitative estimate of drug-likeness (QED) is 0.289. The van der Waals surface area contributed by atoms with Crippen molar-refractivity contribution in [2.45, 2.75) is 6.18 Å². The number of nitro benzene ring substituents is 1. The lowest BCUT2D eigenvalue weighted by molar-refractivity contribution is -0.384. The molecule has 156 valence electrons. The number of carboxylic acid groups (broad SMARTS) is 1. The topological polar surface area (TPSA) is 159 Å². The third kappa shape index (κ3) is 5.91. The zero-order valence-electron chi connectivity index (χ0n) is 14.1. The van der Waals surface area contributed by atoms with Crippen LogP contribution >= 0.6 is 7.60 Å². The van der Waals surface area contributed by atoms with Gasteiger partial charge in [0.1, 0.15) is 29.0 Å². The van der Waals surface area contributed by atoms with Gasteiger partial charge in [0.25, 0.3) is 5.69 Å². The molecular formula is C15H12F3N2O8P. The number of benzene rings is 2. The van der Waals surface area contributed by atoms with E-state index < -0.39 is 53.6 Å². The van der Waals surface area contributed by atoms with Crippen molar-refractivity contribution < 1.29 is 47.1 Å². The highest BCUT2D eigenvalue weighted by molar-refractivity contribution is 7.51. The fourth-order valence-electron chi connectivity index (χ4n) is 2.15. The number of rotatable bonds is 7. The van der Waals surface area contributed by atoms with E-state index in [0.29, 0.717) is 6.07 Å². The summed E-state index contributed by atoms with van der Waals surface area (Å²) in [5, 5.41) is 22.0. The predicted octanol–water partition coefficient (Wildman–Crippen LogP) is 3.65. The fourth-order valence-corrected chi connectivity index (χ4v) is 2.52. The maximum absolute atomic E-state index is 13.3. The lowest BCUT2D eigenvalue weighted by Crippen LogP contribution is -2.11. The number of alkyl halides is 3. The molecule has 2 rings (SSSR count). The second-order valence-corrected chi connectivity index (χ2v) is 7.20. The molecule has 0 unspecified atom stereocenters. The minimum atomic E-state index is -5.05. The van der Waals surface area contributed by atoms with E-state index in [4.69, 9.17) is 19.6 Å². The summed E-state index contributed by atoms with van der Waals surface area (Å²) in [4.78, 5) is 38.6. The Hall–Kier alpha value is -3.15. The van der Waals surface area contributed by atoms with Crippen LogP contribution in [0.2, 0.25) is 0 Å². The normalized spacial score (nSPS) is 11.8. The van der Waals surface area contributed by atoms with Crippen LogP contribution in [0.4, 0.5) is 24.5 Å². The largest absolute Gasteiger partial charge is 0.478 e. The summed E-state index contributed by atoms with van der Waals surface area (Å²) in [6.07, 6.45) is -6.12. The van der Waals surface area contributed by atoms with Crippen LogP contribution in [0, 0.1) is 10.1 Å². The van der Waals surface area contributed by atoms with Gasteiger partial charge >= 0.3 is 19.7 Å². The number of carboxylic acids is 1. The van der Waals surface area contributed by atoms with Crippen LogP contribution in [0.3, 0.4) is 0 Å². The molecule has 0 spiro atoms. The highest BCUT2D eigenvalue weighted by atomic mass is 31.2. The molecule has 10 nitrogen and oxygen atoms in total. The van der Waals surface area contributed by atoms with Crippen molar-refractivity contribution in [1.29, 1.82) is 0 Å². The van der Waals surface area contributed by atoms with Crippen molar-refractivity contribution in [2.75, 3.05) is 11.6 Å². The van der Waals surface area contributed by atoms with Gasteiger partial charge < -0.3 is 24.9 Å². The lowest BCUT2D eigenvalue weighted by atomic mass is 10.1. The number of carbonyl (C=O) groups is 1. The maximum atomic E-state index is 13.3. The number of nitro groups is 1. The molecule has 0 aliphatic heterocycles. The number of hydrogen-bond acceptors (Lipinski definition) is 6. The van der Waals surface area contributed by atoms with Gasteiger partial charge in [-0.2, -0.15) is 13.2 Å². The van der Waals surface area contributed by atoms with Gasteiger partial charge in [0.15, 0.2) is 0 Å². The number of aromatic carboxylic acids is 1.